The van der Waals surface area contributed by atoms with E-state index in [4.69, 9.17) is 15.3 Å². The Balaban J connectivity index is 1.78. The molecule has 0 spiro atoms. The Hall–Kier alpha value is -1.71. The maximum absolute atomic E-state index is 6.16. The van der Waals surface area contributed by atoms with E-state index >= 15 is 0 Å². The largest absolute Gasteiger partial charge is 0.490 e. The van der Waals surface area contributed by atoms with E-state index in [-0.39, 0.29) is 0 Å². The normalized spacial score (nSPS) is 10.9. The van der Waals surface area contributed by atoms with Crippen molar-refractivity contribution in [2.75, 3.05) is 19.1 Å². The lowest BCUT2D eigenvalue weighted by atomic mass is 10.2. The standard InChI is InChI=1S/C17H19BrN4O2S2/c1-3-23-13-8-11(12(18)9-14(13)24-4-2)10-26-17-21-20-16(22(17)19)15-6-5-7-25-15/h5-9H,3-4,10,19H2,1-2H3. The fourth-order valence-corrected chi connectivity index (χ4v) is 4.52. The van der Waals surface area contributed by atoms with Crippen molar-refractivity contribution in [3.8, 4) is 22.2 Å². The summed E-state index contributed by atoms with van der Waals surface area (Å²) in [5.41, 5.74) is 1.07. The highest BCUT2D eigenvalue weighted by molar-refractivity contribution is 9.10. The van der Waals surface area contributed by atoms with Crippen molar-refractivity contribution in [2.45, 2.75) is 24.8 Å². The number of benzene rings is 1. The molecular formula is C17H19BrN4O2S2. The van der Waals surface area contributed by atoms with Gasteiger partial charge in [0.15, 0.2) is 17.3 Å². The molecule has 0 saturated carbocycles. The molecule has 0 bridgehead atoms. The number of ether oxygens (including phenoxy) is 2. The van der Waals surface area contributed by atoms with Crippen LogP contribution in [0.15, 0.2) is 39.3 Å². The fourth-order valence-electron chi connectivity index (χ4n) is 2.32. The van der Waals surface area contributed by atoms with Gasteiger partial charge in [-0.3, -0.25) is 0 Å². The van der Waals surface area contributed by atoms with Crippen LogP contribution in [0.4, 0.5) is 0 Å². The summed E-state index contributed by atoms with van der Waals surface area (Å²) in [5, 5.41) is 11.1. The van der Waals surface area contributed by atoms with Crippen molar-refractivity contribution in [3.63, 3.8) is 0 Å². The van der Waals surface area contributed by atoms with Crippen molar-refractivity contribution in [1.29, 1.82) is 0 Å². The minimum atomic E-state index is 0.579. The van der Waals surface area contributed by atoms with Gasteiger partial charge in [-0.05, 0) is 43.0 Å². The molecule has 26 heavy (non-hydrogen) atoms. The van der Waals surface area contributed by atoms with E-state index in [1.54, 1.807) is 11.3 Å². The first-order valence-corrected chi connectivity index (χ1v) is 10.7. The molecular weight excluding hydrogens is 436 g/mol. The molecule has 0 aliphatic rings. The first kappa shape index (κ1) is 19.1. The van der Waals surface area contributed by atoms with Gasteiger partial charge in [0.2, 0.25) is 5.16 Å². The Morgan fingerprint density at radius 1 is 1.19 bits per heavy atom. The molecule has 2 N–H and O–H groups in total. The molecule has 2 heterocycles. The maximum atomic E-state index is 6.16. The number of nitrogen functional groups attached to an aromatic ring is 1. The molecule has 2 aromatic heterocycles. The summed E-state index contributed by atoms with van der Waals surface area (Å²) in [6, 6.07) is 7.87. The molecule has 0 aliphatic heterocycles. The molecule has 138 valence electrons. The van der Waals surface area contributed by atoms with Gasteiger partial charge in [0.1, 0.15) is 0 Å². The second kappa shape index (κ2) is 8.79. The molecule has 0 aliphatic carbocycles. The van der Waals surface area contributed by atoms with Gasteiger partial charge in [-0.2, -0.15) is 0 Å². The van der Waals surface area contributed by atoms with Gasteiger partial charge < -0.3 is 15.3 Å². The molecule has 9 heteroatoms. The zero-order chi connectivity index (χ0) is 18.5. The highest BCUT2D eigenvalue weighted by Crippen LogP contribution is 2.36. The quantitative estimate of drug-likeness (QED) is 0.396. The van der Waals surface area contributed by atoms with E-state index < -0.39 is 0 Å². The van der Waals surface area contributed by atoms with Crippen LogP contribution in [-0.4, -0.2) is 28.1 Å². The molecule has 0 saturated heterocycles. The van der Waals surface area contributed by atoms with Crippen LogP contribution in [0.2, 0.25) is 0 Å². The summed E-state index contributed by atoms with van der Waals surface area (Å²) in [6.45, 7) is 5.07. The zero-order valence-electron chi connectivity index (χ0n) is 14.4. The lowest BCUT2D eigenvalue weighted by Crippen LogP contribution is -2.11. The zero-order valence-corrected chi connectivity index (χ0v) is 17.7. The summed E-state index contributed by atoms with van der Waals surface area (Å²) in [4.78, 5) is 0.993. The minimum absolute atomic E-state index is 0.579. The molecule has 0 fully saturated rings. The molecule has 0 amide bonds. The predicted molar refractivity (Wildman–Crippen MR) is 110 cm³/mol. The lowest BCUT2D eigenvalue weighted by Gasteiger charge is -2.14. The van der Waals surface area contributed by atoms with Crippen LogP contribution in [-0.2, 0) is 5.75 Å². The minimum Gasteiger partial charge on any atom is -0.490 e. The van der Waals surface area contributed by atoms with Gasteiger partial charge in [-0.1, -0.05) is 33.8 Å². The van der Waals surface area contributed by atoms with Crippen LogP contribution in [0.1, 0.15) is 19.4 Å². The van der Waals surface area contributed by atoms with Crippen LogP contribution in [0, 0.1) is 0 Å². The fraction of sp³-hybridized carbons (Fsp3) is 0.294. The number of rotatable bonds is 8. The van der Waals surface area contributed by atoms with Crippen molar-refractivity contribution in [3.05, 3.63) is 39.7 Å². The highest BCUT2D eigenvalue weighted by atomic mass is 79.9. The summed E-state index contributed by atoms with van der Waals surface area (Å²) in [6.07, 6.45) is 0. The predicted octanol–water partition coefficient (Wildman–Crippen LogP) is 4.57. The van der Waals surface area contributed by atoms with Gasteiger partial charge in [-0.15, -0.1) is 21.5 Å². The summed E-state index contributed by atoms with van der Waals surface area (Å²) in [5.74, 6) is 8.97. The van der Waals surface area contributed by atoms with Crippen LogP contribution in [0.3, 0.4) is 0 Å². The van der Waals surface area contributed by atoms with Crippen molar-refractivity contribution in [1.82, 2.24) is 14.9 Å². The van der Waals surface area contributed by atoms with Crippen LogP contribution < -0.4 is 15.3 Å². The first-order valence-electron chi connectivity index (χ1n) is 8.09. The number of hydrogen-bond donors (Lipinski definition) is 1. The van der Waals surface area contributed by atoms with Gasteiger partial charge >= 0.3 is 0 Å². The average Bonchev–Trinajstić information content (AvgIpc) is 3.26. The van der Waals surface area contributed by atoms with E-state index in [2.05, 4.69) is 26.1 Å². The number of thiophene rings is 1. The molecule has 3 aromatic rings. The van der Waals surface area contributed by atoms with Crippen molar-refractivity contribution < 1.29 is 9.47 Å². The Morgan fingerprint density at radius 3 is 2.58 bits per heavy atom. The van der Waals surface area contributed by atoms with Crippen molar-refractivity contribution >= 4 is 39.0 Å². The number of nitrogens with two attached hydrogens (primary N) is 1. The molecule has 0 atom stereocenters. The topological polar surface area (TPSA) is 75.2 Å². The second-order valence-corrected chi connectivity index (χ2v) is 7.94. The van der Waals surface area contributed by atoms with E-state index in [1.807, 2.05) is 43.5 Å². The molecule has 0 radical (unpaired) electrons. The lowest BCUT2D eigenvalue weighted by molar-refractivity contribution is 0.287. The number of halogens is 1. The van der Waals surface area contributed by atoms with Crippen LogP contribution in [0.25, 0.3) is 10.7 Å². The van der Waals surface area contributed by atoms with E-state index in [9.17, 15) is 0 Å². The Kier molecular flexibility index (Phi) is 6.44. The number of hydrogen-bond acceptors (Lipinski definition) is 7. The summed E-state index contributed by atoms with van der Waals surface area (Å²) >= 11 is 6.71. The molecule has 1 aromatic carbocycles. The van der Waals surface area contributed by atoms with E-state index in [1.165, 1.54) is 16.4 Å². The summed E-state index contributed by atoms with van der Waals surface area (Å²) in [7, 11) is 0. The van der Waals surface area contributed by atoms with E-state index in [0.717, 1.165) is 26.4 Å². The SMILES string of the molecule is CCOc1cc(Br)c(CSc2nnc(-c3cccs3)n2N)cc1OCC. The smallest absolute Gasteiger partial charge is 0.210 e. The van der Waals surface area contributed by atoms with Crippen LogP contribution >= 0.6 is 39.0 Å². The Bertz CT molecular complexity index is 868. The van der Waals surface area contributed by atoms with E-state index in [0.29, 0.717) is 29.9 Å². The second-order valence-electron chi connectivity index (χ2n) is 5.20. The number of aromatic nitrogens is 3. The third kappa shape index (κ3) is 4.16. The maximum Gasteiger partial charge on any atom is 0.210 e. The van der Waals surface area contributed by atoms with Crippen molar-refractivity contribution in [2.24, 2.45) is 0 Å². The summed E-state index contributed by atoms with van der Waals surface area (Å²) < 4.78 is 13.8. The van der Waals surface area contributed by atoms with Crippen LogP contribution in [0.5, 0.6) is 11.5 Å². The first-order chi connectivity index (χ1) is 12.6. The Morgan fingerprint density at radius 2 is 1.92 bits per heavy atom. The molecule has 3 rings (SSSR count). The third-order valence-electron chi connectivity index (χ3n) is 3.48. The van der Waals surface area contributed by atoms with Gasteiger partial charge in [0.05, 0.1) is 18.1 Å². The number of thioether (sulfide) groups is 1. The highest BCUT2D eigenvalue weighted by Gasteiger charge is 2.15. The average molecular weight is 455 g/mol. The third-order valence-corrected chi connectivity index (χ3v) is 6.07. The Labute approximate surface area is 168 Å². The number of nitrogens with zero attached hydrogens (tertiary/aromatic N) is 3. The van der Waals surface area contributed by atoms with Gasteiger partial charge in [0.25, 0.3) is 0 Å². The van der Waals surface area contributed by atoms with Gasteiger partial charge in [0, 0.05) is 10.2 Å². The van der Waals surface area contributed by atoms with Gasteiger partial charge in [-0.25, -0.2) is 4.68 Å². The monoisotopic (exact) mass is 454 g/mol. The molecule has 0 unspecified atom stereocenters. The molecule has 6 nitrogen and oxygen atoms in total.